The average Bonchev–Trinajstić information content (AvgIpc) is 3.24. The highest BCUT2D eigenvalue weighted by atomic mass is 32.1. The quantitative estimate of drug-likeness (QED) is 0.919. The van der Waals surface area contributed by atoms with Crippen LogP contribution in [0.15, 0.2) is 42.0 Å². The van der Waals surface area contributed by atoms with Crippen LogP contribution in [0, 0.1) is 0 Å². The predicted molar refractivity (Wildman–Crippen MR) is 96.3 cm³/mol. The number of hydrogen-bond acceptors (Lipinski definition) is 4. The van der Waals surface area contributed by atoms with Gasteiger partial charge in [-0.3, -0.25) is 14.6 Å². The number of piperidine rings is 1. The first-order valence-corrected chi connectivity index (χ1v) is 9.55. The molecule has 0 bridgehead atoms. The van der Waals surface area contributed by atoms with Crippen molar-refractivity contribution in [2.24, 2.45) is 0 Å². The van der Waals surface area contributed by atoms with Crippen molar-refractivity contribution < 1.29 is 9.59 Å². The van der Waals surface area contributed by atoms with Crippen LogP contribution in [0.1, 0.15) is 35.6 Å². The first kappa shape index (κ1) is 16.3. The number of nitrogens with zero attached hydrogens (tertiary/aromatic N) is 2. The molecule has 0 saturated carbocycles. The highest BCUT2D eigenvalue weighted by Gasteiger charge is 2.46. The number of likely N-dealkylation sites (tertiary alicyclic amines) is 1. The topological polar surface area (TPSA) is 62.3 Å². The van der Waals surface area contributed by atoms with Gasteiger partial charge in [0.25, 0.3) is 0 Å². The van der Waals surface area contributed by atoms with E-state index >= 15 is 0 Å². The molecule has 2 amide bonds. The lowest BCUT2D eigenvalue weighted by molar-refractivity contribution is -0.132. The molecule has 1 atom stereocenters. The minimum Gasteiger partial charge on any atom is -0.350 e. The van der Waals surface area contributed by atoms with Crippen molar-refractivity contribution in [3.8, 4) is 0 Å². The Morgan fingerprint density at radius 1 is 1.28 bits per heavy atom. The molecular weight excluding hydrogens is 334 g/mol. The molecule has 2 saturated heterocycles. The number of hydrogen-bond donors (Lipinski definition) is 1. The Morgan fingerprint density at radius 3 is 2.72 bits per heavy atom. The number of thiophene rings is 1. The summed E-state index contributed by atoms with van der Waals surface area (Å²) >= 11 is 1.62. The third-order valence-electron chi connectivity index (χ3n) is 5.39. The molecule has 2 fully saturated rings. The third kappa shape index (κ3) is 3.31. The van der Waals surface area contributed by atoms with Crippen molar-refractivity contribution >= 4 is 23.2 Å². The molecule has 5 nitrogen and oxygen atoms in total. The molecule has 6 heteroatoms. The molecular formula is C19H21N3O2S. The van der Waals surface area contributed by atoms with Gasteiger partial charge < -0.3 is 10.2 Å². The van der Waals surface area contributed by atoms with Gasteiger partial charge in [-0.05, 0) is 48.4 Å². The monoisotopic (exact) mass is 355 g/mol. The zero-order chi connectivity index (χ0) is 17.3. The van der Waals surface area contributed by atoms with Crippen LogP contribution in [0.5, 0.6) is 0 Å². The van der Waals surface area contributed by atoms with E-state index in [2.05, 4.69) is 10.3 Å². The smallest absolute Gasteiger partial charge is 0.228 e. The molecule has 4 heterocycles. The van der Waals surface area contributed by atoms with E-state index in [0.29, 0.717) is 19.5 Å². The molecule has 130 valence electrons. The maximum Gasteiger partial charge on any atom is 0.228 e. The molecule has 1 N–H and O–H groups in total. The zero-order valence-electron chi connectivity index (χ0n) is 14.0. The summed E-state index contributed by atoms with van der Waals surface area (Å²) in [7, 11) is 0. The first-order chi connectivity index (χ1) is 12.2. The van der Waals surface area contributed by atoms with Gasteiger partial charge in [-0.2, -0.15) is 0 Å². The Hall–Kier alpha value is -2.21. The van der Waals surface area contributed by atoms with Gasteiger partial charge in [-0.15, -0.1) is 11.3 Å². The largest absolute Gasteiger partial charge is 0.350 e. The van der Waals surface area contributed by atoms with Crippen LogP contribution >= 0.6 is 11.3 Å². The molecule has 2 aromatic rings. The van der Waals surface area contributed by atoms with Gasteiger partial charge in [0.1, 0.15) is 0 Å². The summed E-state index contributed by atoms with van der Waals surface area (Å²) < 4.78 is 0. The Morgan fingerprint density at radius 2 is 2.04 bits per heavy atom. The molecule has 1 unspecified atom stereocenters. The third-order valence-corrected chi connectivity index (χ3v) is 6.26. The van der Waals surface area contributed by atoms with Crippen molar-refractivity contribution in [3.05, 3.63) is 52.5 Å². The number of aromatic nitrogens is 1. The fourth-order valence-electron chi connectivity index (χ4n) is 3.94. The van der Waals surface area contributed by atoms with Crippen LogP contribution in [0.3, 0.4) is 0 Å². The minimum absolute atomic E-state index is 0.101. The van der Waals surface area contributed by atoms with Gasteiger partial charge in [0.15, 0.2) is 0 Å². The molecule has 4 rings (SSSR count). The molecule has 2 aliphatic heterocycles. The lowest BCUT2D eigenvalue weighted by Crippen LogP contribution is -2.52. The fraction of sp³-hybridized carbons (Fsp3) is 0.421. The van der Waals surface area contributed by atoms with Crippen LogP contribution in [0.25, 0.3) is 0 Å². The van der Waals surface area contributed by atoms with E-state index in [1.54, 1.807) is 23.7 Å². The van der Waals surface area contributed by atoms with E-state index in [1.165, 1.54) is 0 Å². The number of carbonyl (C=O) groups is 2. The van der Waals surface area contributed by atoms with Gasteiger partial charge in [-0.1, -0.05) is 6.07 Å². The summed E-state index contributed by atoms with van der Waals surface area (Å²) in [4.78, 5) is 32.0. The van der Waals surface area contributed by atoms with E-state index < -0.39 is 0 Å². The molecule has 1 spiro atoms. The second kappa shape index (κ2) is 6.59. The first-order valence-electron chi connectivity index (χ1n) is 8.67. The van der Waals surface area contributed by atoms with Crippen molar-refractivity contribution in [2.45, 2.75) is 37.1 Å². The van der Waals surface area contributed by atoms with E-state index in [9.17, 15) is 9.59 Å². The van der Waals surface area contributed by atoms with Gasteiger partial charge >= 0.3 is 0 Å². The SMILES string of the molecule is O=C1NC2(CCN(C(=O)Cc3cccs3)CC2)CC1c1ccncc1. The standard InChI is InChI=1S/C19H21N3O2S/c23-17(12-15-2-1-11-25-15)22-9-5-19(6-10-22)13-16(18(24)21-19)14-3-7-20-8-4-14/h1-4,7-8,11,16H,5-6,9-10,12-13H2,(H,21,24). The Kier molecular flexibility index (Phi) is 4.29. The number of nitrogens with one attached hydrogen (secondary N) is 1. The number of pyridine rings is 1. The summed E-state index contributed by atoms with van der Waals surface area (Å²) in [5.41, 5.74) is 0.866. The van der Waals surface area contributed by atoms with E-state index in [-0.39, 0.29) is 23.3 Å². The fourth-order valence-corrected chi connectivity index (χ4v) is 4.63. The molecule has 2 aliphatic rings. The molecule has 2 aromatic heterocycles. The van der Waals surface area contributed by atoms with Gasteiger partial charge in [0.2, 0.25) is 11.8 Å². The van der Waals surface area contributed by atoms with Crippen molar-refractivity contribution in [1.29, 1.82) is 0 Å². The van der Waals surface area contributed by atoms with Crippen LogP contribution in [0.2, 0.25) is 0 Å². The number of carbonyl (C=O) groups excluding carboxylic acids is 2. The lowest BCUT2D eigenvalue weighted by Gasteiger charge is -2.39. The Labute approximate surface area is 151 Å². The highest BCUT2D eigenvalue weighted by Crippen LogP contribution is 2.39. The predicted octanol–water partition coefficient (Wildman–Crippen LogP) is 2.35. The van der Waals surface area contributed by atoms with Gasteiger partial charge in [0.05, 0.1) is 12.3 Å². The van der Waals surface area contributed by atoms with E-state index in [0.717, 1.165) is 29.7 Å². The van der Waals surface area contributed by atoms with Crippen molar-refractivity contribution in [3.63, 3.8) is 0 Å². The molecule has 0 aliphatic carbocycles. The number of rotatable bonds is 3. The maximum absolute atomic E-state index is 12.5. The summed E-state index contributed by atoms with van der Waals surface area (Å²) in [6, 6.07) is 7.82. The summed E-state index contributed by atoms with van der Waals surface area (Å²) in [6.07, 6.45) is 6.42. The second-order valence-electron chi connectivity index (χ2n) is 6.94. The van der Waals surface area contributed by atoms with Crippen LogP contribution in [0.4, 0.5) is 0 Å². The van der Waals surface area contributed by atoms with Crippen LogP contribution in [-0.2, 0) is 16.0 Å². The highest BCUT2D eigenvalue weighted by molar-refractivity contribution is 7.10. The van der Waals surface area contributed by atoms with Gasteiger partial charge in [-0.25, -0.2) is 0 Å². The number of amides is 2. The van der Waals surface area contributed by atoms with E-state index in [4.69, 9.17) is 0 Å². The Bertz CT molecular complexity index is 752. The average molecular weight is 355 g/mol. The molecule has 0 radical (unpaired) electrons. The Balaban J connectivity index is 1.38. The molecule has 0 aromatic carbocycles. The lowest BCUT2D eigenvalue weighted by atomic mass is 9.82. The summed E-state index contributed by atoms with van der Waals surface area (Å²) in [6.45, 7) is 1.43. The molecule has 25 heavy (non-hydrogen) atoms. The maximum atomic E-state index is 12.5. The normalized spacial score (nSPS) is 22.2. The van der Waals surface area contributed by atoms with Crippen LogP contribution < -0.4 is 5.32 Å². The summed E-state index contributed by atoms with van der Waals surface area (Å²) in [5.74, 6) is 0.188. The van der Waals surface area contributed by atoms with E-state index in [1.807, 2.05) is 34.5 Å². The van der Waals surface area contributed by atoms with Crippen molar-refractivity contribution in [1.82, 2.24) is 15.2 Å². The zero-order valence-corrected chi connectivity index (χ0v) is 14.8. The van der Waals surface area contributed by atoms with Crippen molar-refractivity contribution in [2.75, 3.05) is 13.1 Å². The summed E-state index contributed by atoms with van der Waals surface area (Å²) in [5, 5.41) is 5.23. The second-order valence-corrected chi connectivity index (χ2v) is 7.98. The van der Waals surface area contributed by atoms with Gasteiger partial charge in [0, 0.05) is 35.9 Å². The van der Waals surface area contributed by atoms with Crippen LogP contribution in [-0.4, -0.2) is 40.3 Å². The minimum atomic E-state index is -0.162.